The van der Waals surface area contributed by atoms with Gasteiger partial charge in [-0.3, -0.25) is 0 Å². The molecule has 0 heterocycles. The van der Waals surface area contributed by atoms with Crippen molar-refractivity contribution in [3.63, 3.8) is 0 Å². The lowest BCUT2D eigenvalue weighted by molar-refractivity contribution is 0.404. The Morgan fingerprint density at radius 3 is 2.62 bits per heavy atom. The van der Waals surface area contributed by atoms with Crippen LogP contribution in [0.2, 0.25) is 5.02 Å². The van der Waals surface area contributed by atoms with Crippen molar-refractivity contribution < 1.29 is 13.5 Å². The molecule has 5 heteroatoms. The highest BCUT2D eigenvalue weighted by atomic mass is 35.5. The first-order chi connectivity index (χ1) is 7.52. The third-order valence-electron chi connectivity index (χ3n) is 2.47. The number of halogens is 3. The first-order valence-electron chi connectivity index (χ1n) is 4.94. The van der Waals surface area contributed by atoms with E-state index in [2.05, 4.69) is 0 Å². The number of nitrogens with two attached hydrogens (primary N) is 1. The molecule has 1 rings (SSSR count). The Hall–Kier alpha value is -0.870. The molecule has 0 amide bonds. The third kappa shape index (κ3) is 2.44. The summed E-state index contributed by atoms with van der Waals surface area (Å²) in [5.41, 5.74) is 5.33. The monoisotopic (exact) mass is 249 g/mol. The maximum atomic E-state index is 13.8. The van der Waals surface area contributed by atoms with E-state index >= 15 is 0 Å². The fourth-order valence-corrected chi connectivity index (χ4v) is 1.82. The van der Waals surface area contributed by atoms with Gasteiger partial charge in [0.05, 0.1) is 7.11 Å². The number of rotatable bonds is 4. The van der Waals surface area contributed by atoms with Gasteiger partial charge in [-0.25, -0.2) is 8.78 Å². The number of hydrogen-bond donors (Lipinski definition) is 1. The SMILES string of the molecule is COc1cc(F)c(C(C)CCN)c(F)c1Cl. The van der Waals surface area contributed by atoms with E-state index in [-0.39, 0.29) is 22.3 Å². The van der Waals surface area contributed by atoms with Crippen LogP contribution in [0.5, 0.6) is 5.75 Å². The Balaban J connectivity index is 3.24. The summed E-state index contributed by atoms with van der Waals surface area (Å²) in [7, 11) is 1.31. The van der Waals surface area contributed by atoms with Crippen LogP contribution < -0.4 is 10.5 Å². The van der Waals surface area contributed by atoms with Crippen molar-refractivity contribution in [3.05, 3.63) is 28.3 Å². The second-order valence-corrected chi connectivity index (χ2v) is 3.96. The summed E-state index contributed by atoms with van der Waals surface area (Å²) in [6.07, 6.45) is 0.497. The summed E-state index contributed by atoms with van der Waals surface area (Å²) in [4.78, 5) is 0. The molecule has 1 unspecified atom stereocenters. The first-order valence-corrected chi connectivity index (χ1v) is 5.32. The highest BCUT2D eigenvalue weighted by Gasteiger charge is 2.21. The molecule has 1 aromatic carbocycles. The van der Waals surface area contributed by atoms with Crippen LogP contribution in [0.15, 0.2) is 6.07 Å². The van der Waals surface area contributed by atoms with Gasteiger partial charge in [0.1, 0.15) is 16.6 Å². The molecule has 0 spiro atoms. The molecule has 0 radical (unpaired) electrons. The zero-order valence-electron chi connectivity index (χ0n) is 9.19. The molecule has 2 nitrogen and oxygen atoms in total. The van der Waals surface area contributed by atoms with Gasteiger partial charge >= 0.3 is 0 Å². The predicted molar refractivity (Wildman–Crippen MR) is 60.0 cm³/mol. The summed E-state index contributed by atoms with van der Waals surface area (Å²) >= 11 is 5.72. The second-order valence-electron chi connectivity index (χ2n) is 3.58. The number of hydrogen-bond acceptors (Lipinski definition) is 2. The Bertz CT molecular complexity index is 385. The maximum Gasteiger partial charge on any atom is 0.151 e. The molecule has 16 heavy (non-hydrogen) atoms. The zero-order chi connectivity index (χ0) is 12.3. The van der Waals surface area contributed by atoms with E-state index in [9.17, 15) is 8.78 Å². The zero-order valence-corrected chi connectivity index (χ0v) is 9.94. The van der Waals surface area contributed by atoms with Crippen molar-refractivity contribution in [2.45, 2.75) is 19.3 Å². The van der Waals surface area contributed by atoms with E-state index in [4.69, 9.17) is 22.1 Å². The lowest BCUT2D eigenvalue weighted by atomic mass is 9.96. The Labute approximate surface area is 98.3 Å². The second kappa shape index (κ2) is 5.46. The largest absolute Gasteiger partial charge is 0.495 e. The third-order valence-corrected chi connectivity index (χ3v) is 2.83. The van der Waals surface area contributed by atoms with Gasteiger partial charge in [-0.05, 0) is 18.9 Å². The Morgan fingerprint density at radius 2 is 2.12 bits per heavy atom. The van der Waals surface area contributed by atoms with Gasteiger partial charge in [-0.15, -0.1) is 0 Å². The van der Waals surface area contributed by atoms with E-state index in [0.717, 1.165) is 6.07 Å². The minimum Gasteiger partial charge on any atom is -0.495 e. The minimum atomic E-state index is -0.764. The van der Waals surface area contributed by atoms with Crippen molar-refractivity contribution in [2.75, 3.05) is 13.7 Å². The van der Waals surface area contributed by atoms with Crippen molar-refractivity contribution in [1.82, 2.24) is 0 Å². The molecule has 0 aliphatic rings. The summed E-state index contributed by atoms with van der Waals surface area (Å²) in [5, 5.41) is -0.192. The van der Waals surface area contributed by atoms with Crippen LogP contribution in [0.4, 0.5) is 8.78 Å². The van der Waals surface area contributed by atoms with Crippen molar-refractivity contribution in [2.24, 2.45) is 5.73 Å². The highest BCUT2D eigenvalue weighted by molar-refractivity contribution is 6.32. The molecule has 90 valence electrons. The quantitative estimate of drug-likeness (QED) is 0.833. The highest BCUT2D eigenvalue weighted by Crippen LogP contribution is 2.35. The van der Waals surface area contributed by atoms with Gasteiger partial charge in [-0.2, -0.15) is 0 Å². The molecule has 0 saturated carbocycles. The molecule has 0 fully saturated rings. The van der Waals surface area contributed by atoms with Crippen LogP contribution in [0, 0.1) is 11.6 Å². The van der Waals surface area contributed by atoms with Crippen molar-refractivity contribution in [3.8, 4) is 5.75 Å². The topological polar surface area (TPSA) is 35.2 Å². The smallest absolute Gasteiger partial charge is 0.151 e. The lowest BCUT2D eigenvalue weighted by Gasteiger charge is -2.15. The van der Waals surface area contributed by atoms with Crippen molar-refractivity contribution in [1.29, 1.82) is 0 Å². The lowest BCUT2D eigenvalue weighted by Crippen LogP contribution is -2.09. The molecule has 2 N–H and O–H groups in total. The van der Waals surface area contributed by atoms with E-state index in [0.29, 0.717) is 13.0 Å². The Morgan fingerprint density at radius 1 is 1.50 bits per heavy atom. The molecule has 0 bridgehead atoms. The average Bonchev–Trinajstić information content (AvgIpc) is 2.24. The fourth-order valence-electron chi connectivity index (χ4n) is 1.58. The van der Waals surface area contributed by atoms with Crippen LogP contribution in [0.25, 0.3) is 0 Å². The predicted octanol–water partition coefficient (Wildman–Crippen LogP) is 3.08. The summed E-state index contributed by atoms with van der Waals surface area (Å²) in [6.45, 7) is 2.07. The summed E-state index contributed by atoms with van der Waals surface area (Å²) in [6, 6.07) is 1.09. The molecule has 0 aromatic heterocycles. The van der Waals surface area contributed by atoms with E-state index in [1.54, 1.807) is 6.92 Å². The van der Waals surface area contributed by atoms with Crippen molar-refractivity contribution >= 4 is 11.6 Å². The van der Waals surface area contributed by atoms with Crippen LogP contribution in [-0.4, -0.2) is 13.7 Å². The van der Waals surface area contributed by atoms with Crippen LogP contribution in [0.3, 0.4) is 0 Å². The average molecular weight is 250 g/mol. The molecular formula is C11H14ClF2NO. The van der Waals surface area contributed by atoms with E-state index in [1.807, 2.05) is 0 Å². The van der Waals surface area contributed by atoms with Gasteiger partial charge in [0.2, 0.25) is 0 Å². The molecular weight excluding hydrogens is 236 g/mol. The van der Waals surface area contributed by atoms with Gasteiger partial charge in [0, 0.05) is 11.6 Å². The number of methoxy groups -OCH3 is 1. The normalized spacial score (nSPS) is 12.6. The first kappa shape index (κ1) is 13.2. The molecule has 0 saturated heterocycles. The molecule has 1 aromatic rings. The van der Waals surface area contributed by atoms with Gasteiger partial charge in [0.15, 0.2) is 5.82 Å². The maximum absolute atomic E-state index is 13.8. The van der Waals surface area contributed by atoms with Crippen LogP contribution >= 0.6 is 11.6 Å². The van der Waals surface area contributed by atoms with Gasteiger partial charge in [-0.1, -0.05) is 18.5 Å². The van der Waals surface area contributed by atoms with Crippen LogP contribution in [-0.2, 0) is 0 Å². The van der Waals surface area contributed by atoms with E-state index in [1.165, 1.54) is 7.11 Å². The summed E-state index contributed by atoms with van der Waals surface area (Å²) < 4.78 is 32.2. The van der Waals surface area contributed by atoms with Gasteiger partial charge < -0.3 is 10.5 Å². The molecule has 1 atom stereocenters. The van der Waals surface area contributed by atoms with E-state index < -0.39 is 11.6 Å². The molecule has 0 aliphatic carbocycles. The number of benzene rings is 1. The fraction of sp³-hybridized carbons (Fsp3) is 0.455. The minimum absolute atomic E-state index is 0.000338. The Kier molecular flexibility index (Phi) is 4.50. The summed E-state index contributed by atoms with van der Waals surface area (Å²) in [5.74, 6) is -1.73. The van der Waals surface area contributed by atoms with Crippen LogP contribution in [0.1, 0.15) is 24.8 Å². The standard InChI is InChI=1S/C11H14ClF2NO/c1-6(3-4-15)9-7(13)5-8(16-2)10(12)11(9)14/h5-6H,3-4,15H2,1-2H3. The van der Waals surface area contributed by atoms with Gasteiger partial charge in [0.25, 0.3) is 0 Å². The molecule has 0 aliphatic heterocycles. The number of ether oxygens (including phenoxy) is 1.